The van der Waals surface area contributed by atoms with Crippen LogP contribution in [0.4, 0.5) is 5.69 Å². The zero-order valence-corrected chi connectivity index (χ0v) is 11.3. The van der Waals surface area contributed by atoms with Gasteiger partial charge < -0.3 is 5.73 Å². The van der Waals surface area contributed by atoms with Crippen LogP contribution in [0.5, 0.6) is 0 Å². The Labute approximate surface area is 110 Å². The molecule has 0 radical (unpaired) electrons. The van der Waals surface area contributed by atoms with Gasteiger partial charge in [-0.1, -0.05) is 6.07 Å². The minimum Gasteiger partial charge on any atom is -0.399 e. The number of rotatable bonds is 3. The Balaban J connectivity index is 2.19. The van der Waals surface area contributed by atoms with Gasteiger partial charge in [0.05, 0.1) is 22.2 Å². The van der Waals surface area contributed by atoms with Crippen LogP contribution >= 0.6 is 0 Å². The third-order valence-corrected chi connectivity index (χ3v) is 4.07. The van der Waals surface area contributed by atoms with Crippen molar-refractivity contribution in [1.82, 2.24) is 4.98 Å². The molecule has 0 aliphatic heterocycles. The van der Waals surface area contributed by atoms with Gasteiger partial charge in [-0.25, -0.2) is 0 Å². The summed E-state index contributed by atoms with van der Waals surface area (Å²) in [4.78, 5) is 5.16. The van der Waals surface area contributed by atoms with Gasteiger partial charge in [0.1, 0.15) is 0 Å². The van der Waals surface area contributed by atoms with E-state index in [0.29, 0.717) is 5.75 Å². The number of aromatic nitrogens is 1. The molecule has 1 atom stereocenters. The Hall–Kier alpha value is -1.68. The summed E-state index contributed by atoms with van der Waals surface area (Å²) in [5.74, 6) is 0.436. The topological polar surface area (TPSA) is 56.0 Å². The molecule has 3 nitrogen and oxygen atoms in total. The second-order valence-corrected chi connectivity index (χ2v) is 5.73. The second kappa shape index (κ2) is 5.31. The molecule has 94 valence electrons. The average molecular weight is 260 g/mol. The van der Waals surface area contributed by atoms with Gasteiger partial charge in [0.2, 0.25) is 0 Å². The van der Waals surface area contributed by atoms with Crippen LogP contribution in [0.25, 0.3) is 0 Å². The van der Waals surface area contributed by atoms with Crippen LogP contribution < -0.4 is 5.73 Å². The minimum atomic E-state index is -1.08. The highest BCUT2D eigenvalue weighted by Gasteiger charge is 2.07. The second-order valence-electron chi connectivity index (χ2n) is 4.28. The van der Waals surface area contributed by atoms with E-state index in [9.17, 15) is 4.21 Å². The Kier molecular flexibility index (Phi) is 3.77. The Morgan fingerprint density at radius 1 is 1.22 bits per heavy atom. The molecule has 0 saturated carbocycles. The van der Waals surface area contributed by atoms with Gasteiger partial charge in [0, 0.05) is 16.3 Å². The fourth-order valence-electron chi connectivity index (χ4n) is 1.69. The molecule has 0 aliphatic carbocycles. The number of nitrogen functional groups attached to an aromatic ring is 1. The summed E-state index contributed by atoms with van der Waals surface area (Å²) < 4.78 is 12.2. The third kappa shape index (κ3) is 2.96. The van der Waals surface area contributed by atoms with Crippen LogP contribution in [-0.2, 0) is 16.6 Å². The molecule has 0 spiro atoms. The number of anilines is 1. The highest BCUT2D eigenvalue weighted by molar-refractivity contribution is 7.84. The summed E-state index contributed by atoms with van der Waals surface area (Å²) in [7, 11) is -1.08. The largest absolute Gasteiger partial charge is 0.399 e. The van der Waals surface area contributed by atoms with Crippen molar-refractivity contribution in [2.45, 2.75) is 24.5 Å². The molecular formula is C14H16N2OS. The van der Waals surface area contributed by atoms with Crippen LogP contribution in [-0.4, -0.2) is 9.19 Å². The van der Waals surface area contributed by atoms with Gasteiger partial charge in [-0.05, 0) is 49.7 Å². The first-order valence-electron chi connectivity index (χ1n) is 5.73. The van der Waals surface area contributed by atoms with E-state index in [1.165, 1.54) is 0 Å². The van der Waals surface area contributed by atoms with Gasteiger partial charge in [0.15, 0.2) is 0 Å². The van der Waals surface area contributed by atoms with E-state index >= 15 is 0 Å². The van der Waals surface area contributed by atoms with E-state index in [0.717, 1.165) is 27.5 Å². The molecule has 1 heterocycles. The predicted octanol–water partition coefficient (Wildman–Crippen LogP) is 2.59. The van der Waals surface area contributed by atoms with Gasteiger partial charge >= 0.3 is 0 Å². The molecule has 0 amide bonds. The summed E-state index contributed by atoms with van der Waals surface area (Å²) in [6.45, 7) is 3.85. The van der Waals surface area contributed by atoms with Crippen molar-refractivity contribution in [3.8, 4) is 0 Å². The van der Waals surface area contributed by atoms with Crippen molar-refractivity contribution in [2.24, 2.45) is 0 Å². The first kappa shape index (κ1) is 12.8. The van der Waals surface area contributed by atoms with Crippen LogP contribution in [0.15, 0.2) is 41.3 Å². The lowest BCUT2D eigenvalue weighted by Gasteiger charge is -2.05. The van der Waals surface area contributed by atoms with Crippen LogP contribution in [0.1, 0.15) is 17.0 Å². The van der Waals surface area contributed by atoms with Gasteiger partial charge in [-0.3, -0.25) is 9.19 Å². The summed E-state index contributed by atoms with van der Waals surface area (Å²) in [5.41, 5.74) is 9.23. The number of aryl methyl sites for hydroxylation is 2. The molecule has 0 aliphatic rings. The van der Waals surface area contributed by atoms with E-state index < -0.39 is 10.8 Å². The predicted molar refractivity (Wildman–Crippen MR) is 74.7 cm³/mol. The highest BCUT2D eigenvalue weighted by Crippen LogP contribution is 2.17. The van der Waals surface area contributed by atoms with Crippen molar-refractivity contribution in [1.29, 1.82) is 0 Å². The molecule has 1 unspecified atom stereocenters. The summed E-state index contributed by atoms with van der Waals surface area (Å²) in [5, 5.41) is 0. The van der Waals surface area contributed by atoms with Gasteiger partial charge in [-0.15, -0.1) is 0 Å². The first-order chi connectivity index (χ1) is 8.56. The summed E-state index contributed by atoms with van der Waals surface area (Å²) in [6.07, 6.45) is 0. The molecule has 2 N–H and O–H groups in total. The fourth-order valence-corrected chi connectivity index (χ4v) is 2.81. The molecule has 2 rings (SSSR count). The number of benzene rings is 1. The smallest absolute Gasteiger partial charge is 0.0705 e. The van der Waals surface area contributed by atoms with Crippen molar-refractivity contribution in [3.05, 3.63) is 53.3 Å². The van der Waals surface area contributed by atoms with Gasteiger partial charge in [-0.2, -0.15) is 0 Å². The minimum absolute atomic E-state index is 0.436. The maximum absolute atomic E-state index is 12.2. The molecule has 0 bridgehead atoms. The quantitative estimate of drug-likeness (QED) is 0.863. The fraction of sp³-hybridized carbons (Fsp3) is 0.214. The first-order valence-corrected chi connectivity index (χ1v) is 7.05. The lowest BCUT2D eigenvalue weighted by molar-refractivity contribution is 0.682. The number of nitrogens with zero attached hydrogens (tertiary/aromatic N) is 1. The Morgan fingerprint density at radius 2 is 2.00 bits per heavy atom. The monoisotopic (exact) mass is 260 g/mol. The highest BCUT2D eigenvalue weighted by atomic mass is 32.2. The molecular weight excluding hydrogens is 244 g/mol. The molecule has 2 aromatic rings. The van der Waals surface area contributed by atoms with E-state index in [2.05, 4.69) is 4.98 Å². The lowest BCUT2D eigenvalue weighted by Crippen LogP contribution is -2.00. The Bertz CT molecular complexity index is 596. The third-order valence-electron chi connectivity index (χ3n) is 2.73. The van der Waals surface area contributed by atoms with E-state index in [-0.39, 0.29) is 0 Å². The molecule has 4 heteroatoms. The zero-order chi connectivity index (χ0) is 13.1. The molecule has 1 aromatic heterocycles. The number of nitrogens with two attached hydrogens (primary N) is 1. The molecule has 1 aromatic carbocycles. The lowest BCUT2D eigenvalue weighted by atomic mass is 10.2. The van der Waals surface area contributed by atoms with Crippen LogP contribution in [0.2, 0.25) is 0 Å². The van der Waals surface area contributed by atoms with Crippen molar-refractivity contribution in [3.63, 3.8) is 0 Å². The summed E-state index contributed by atoms with van der Waals surface area (Å²) >= 11 is 0. The average Bonchev–Trinajstić information content (AvgIpc) is 2.32. The SMILES string of the molecule is Cc1cccc(CS(=O)c2ccc(N)c(C)c2)n1. The van der Waals surface area contributed by atoms with Gasteiger partial charge in [0.25, 0.3) is 0 Å². The molecule has 0 fully saturated rings. The maximum Gasteiger partial charge on any atom is 0.0705 e. The van der Waals surface area contributed by atoms with Crippen molar-refractivity contribution in [2.75, 3.05) is 5.73 Å². The van der Waals surface area contributed by atoms with Crippen molar-refractivity contribution < 1.29 is 4.21 Å². The zero-order valence-electron chi connectivity index (χ0n) is 10.5. The van der Waals surface area contributed by atoms with Crippen LogP contribution in [0.3, 0.4) is 0 Å². The number of hydrogen-bond acceptors (Lipinski definition) is 3. The van der Waals surface area contributed by atoms with E-state index in [1.807, 2.05) is 44.2 Å². The number of hydrogen-bond donors (Lipinski definition) is 1. The van der Waals surface area contributed by atoms with E-state index in [1.54, 1.807) is 6.07 Å². The molecule has 0 saturated heterocycles. The summed E-state index contributed by atoms with van der Waals surface area (Å²) in [6, 6.07) is 11.2. The normalized spacial score (nSPS) is 12.3. The maximum atomic E-state index is 12.2. The van der Waals surface area contributed by atoms with Crippen LogP contribution in [0, 0.1) is 13.8 Å². The Morgan fingerprint density at radius 3 is 2.67 bits per heavy atom. The standard InChI is InChI=1S/C14H16N2OS/c1-10-8-13(6-7-14(10)15)18(17)9-12-5-3-4-11(2)16-12/h3-8H,9,15H2,1-2H3. The van der Waals surface area contributed by atoms with Crippen molar-refractivity contribution >= 4 is 16.5 Å². The molecule has 18 heavy (non-hydrogen) atoms. The number of pyridine rings is 1. The van der Waals surface area contributed by atoms with E-state index in [4.69, 9.17) is 5.73 Å².